The Hall–Kier alpha value is -2.47. The number of hydrogen-bond acceptors (Lipinski definition) is 3. The number of esters is 1. The quantitative estimate of drug-likeness (QED) is 0.386. The summed E-state index contributed by atoms with van der Waals surface area (Å²) in [6, 6.07) is 6.85. The average molecular weight is 326 g/mol. The predicted molar refractivity (Wildman–Crippen MR) is 98.1 cm³/mol. The number of carbonyl (C=O) groups is 1. The SMILES string of the molecule is C#CCOC(=O)c1ccc(OCC=C(C)CCC(C)=C(C)C)cc1. The highest BCUT2D eigenvalue weighted by Gasteiger charge is 2.06. The Morgan fingerprint density at radius 3 is 2.38 bits per heavy atom. The van der Waals surface area contributed by atoms with E-state index in [9.17, 15) is 4.79 Å². The van der Waals surface area contributed by atoms with Gasteiger partial charge >= 0.3 is 5.97 Å². The smallest absolute Gasteiger partial charge is 0.339 e. The van der Waals surface area contributed by atoms with Crippen LogP contribution in [0.1, 0.15) is 50.9 Å². The van der Waals surface area contributed by atoms with Crippen molar-refractivity contribution in [1.29, 1.82) is 0 Å². The molecule has 0 N–H and O–H groups in total. The van der Waals surface area contributed by atoms with E-state index < -0.39 is 5.97 Å². The first-order chi connectivity index (χ1) is 11.4. The number of rotatable bonds is 8. The van der Waals surface area contributed by atoms with Crippen LogP contribution >= 0.6 is 0 Å². The molecule has 0 heterocycles. The molecule has 0 amide bonds. The highest BCUT2D eigenvalue weighted by Crippen LogP contribution is 2.15. The molecule has 128 valence electrons. The molecule has 0 aliphatic carbocycles. The van der Waals surface area contributed by atoms with Crippen LogP contribution in [0.15, 0.2) is 47.1 Å². The van der Waals surface area contributed by atoms with Crippen LogP contribution in [0, 0.1) is 12.3 Å². The summed E-state index contributed by atoms with van der Waals surface area (Å²) >= 11 is 0. The van der Waals surface area contributed by atoms with Crippen molar-refractivity contribution >= 4 is 5.97 Å². The topological polar surface area (TPSA) is 35.5 Å². The van der Waals surface area contributed by atoms with Gasteiger partial charge in [-0.3, -0.25) is 0 Å². The minimum Gasteiger partial charge on any atom is -0.490 e. The first-order valence-electron chi connectivity index (χ1n) is 8.06. The molecule has 0 aliphatic heterocycles. The number of benzene rings is 1. The van der Waals surface area contributed by atoms with Gasteiger partial charge in [0, 0.05) is 0 Å². The van der Waals surface area contributed by atoms with Gasteiger partial charge in [0.15, 0.2) is 6.61 Å². The summed E-state index contributed by atoms with van der Waals surface area (Å²) in [5.74, 6) is 2.55. The zero-order chi connectivity index (χ0) is 17.9. The van der Waals surface area contributed by atoms with Crippen molar-refractivity contribution in [1.82, 2.24) is 0 Å². The Morgan fingerprint density at radius 1 is 1.12 bits per heavy atom. The van der Waals surface area contributed by atoms with E-state index >= 15 is 0 Å². The molecule has 0 aliphatic rings. The minimum atomic E-state index is -0.426. The van der Waals surface area contributed by atoms with Gasteiger partial charge in [-0.1, -0.05) is 22.6 Å². The molecule has 0 saturated heterocycles. The first-order valence-corrected chi connectivity index (χ1v) is 8.06. The van der Waals surface area contributed by atoms with Gasteiger partial charge in [0.1, 0.15) is 12.4 Å². The van der Waals surface area contributed by atoms with Crippen molar-refractivity contribution in [3.05, 3.63) is 52.6 Å². The summed E-state index contributed by atoms with van der Waals surface area (Å²) in [4.78, 5) is 11.6. The van der Waals surface area contributed by atoms with Gasteiger partial charge in [-0.05, 0) is 70.9 Å². The number of hydrogen-bond donors (Lipinski definition) is 0. The van der Waals surface area contributed by atoms with Crippen LogP contribution in [0.5, 0.6) is 5.75 Å². The summed E-state index contributed by atoms with van der Waals surface area (Å²) in [5, 5.41) is 0. The lowest BCUT2D eigenvalue weighted by Gasteiger charge is -2.07. The number of ether oxygens (including phenoxy) is 2. The van der Waals surface area contributed by atoms with Gasteiger partial charge in [-0.2, -0.15) is 0 Å². The molecule has 0 atom stereocenters. The van der Waals surface area contributed by atoms with Gasteiger partial charge in [-0.25, -0.2) is 4.79 Å². The molecule has 0 unspecified atom stereocenters. The van der Waals surface area contributed by atoms with Gasteiger partial charge in [0.2, 0.25) is 0 Å². The van der Waals surface area contributed by atoms with E-state index in [0.29, 0.717) is 17.9 Å². The molecule has 3 heteroatoms. The van der Waals surface area contributed by atoms with Crippen LogP contribution in [0.4, 0.5) is 0 Å². The lowest BCUT2D eigenvalue weighted by Crippen LogP contribution is -2.05. The number of allylic oxidation sites excluding steroid dienone is 3. The molecule has 0 aromatic heterocycles. The molecule has 0 bridgehead atoms. The van der Waals surface area contributed by atoms with Crippen molar-refractivity contribution in [3.63, 3.8) is 0 Å². The van der Waals surface area contributed by atoms with Gasteiger partial charge in [0.25, 0.3) is 0 Å². The third-order valence-corrected chi connectivity index (χ3v) is 3.81. The highest BCUT2D eigenvalue weighted by molar-refractivity contribution is 5.89. The number of terminal acetylenes is 1. The van der Waals surface area contributed by atoms with E-state index in [-0.39, 0.29) is 6.61 Å². The second-order valence-corrected chi connectivity index (χ2v) is 5.95. The third-order valence-electron chi connectivity index (χ3n) is 3.81. The monoisotopic (exact) mass is 326 g/mol. The third kappa shape index (κ3) is 7.19. The number of carbonyl (C=O) groups excluding carboxylic acids is 1. The maximum atomic E-state index is 11.6. The van der Waals surface area contributed by atoms with Gasteiger partial charge < -0.3 is 9.47 Å². The maximum Gasteiger partial charge on any atom is 0.339 e. The standard InChI is InChI=1S/C21H26O3/c1-6-14-24-21(22)19-9-11-20(12-10-19)23-15-13-17(4)7-8-18(5)16(2)3/h1,9-13H,7-8,14-15H2,2-5H3. The van der Waals surface area contributed by atoms with E-state index in [4.69, 9.17) is 15.9 Å². The lowest BCUT2D eigenvalue weighted by atomic mass is 10.0. The van der Waals surface area contributed by atoms with Crippen LogP contribution in [0.3, 0.4) is 0 Å². The molecule has 0 fully saturated rings. The molecule has 0 spiro atoms. The van der Waals surface area contributed by atoms with E-state index in [1.165, 1.54) is 16.7 Å². The van der Waals surface area contributed by atoms with E-state index in [1.807, 2.05) is 0 Å². The van der Waals surface area contributed by atoms with Crippen LogP contribution in [0.2, 0.25) is 0 Å². The molecule has 1 rings (SSSR count). The summed E-state index contributed by atoms with van der Waals surface area (Å²) in [6.07, 6.45) is 9.27. The molecular weight excluding hydrogens is 300 g/mol. The molecular formula is C21H26O3. The zero-order valence-corrected chi connectivity index (χ0v) is 15.0. The summed E-state index contributed by atoms with van der Waals surface area (Å²) in [7, 11) is 0. The van der Waals surface area contributed by atoms with E-state index in [0.717, 1.165) is 12.8 Å². The predicted octanol–water partition coefficient (Wildman–Crippen LogP) is 4.94. The maximum absolute atomic E-state index is 11.6. The molecule has 0 saturated carbocycles. The summed E-state index contributed by atoms with van der Waals surface area (Å²) in [5.41, 5.74) is 4.60. The second-order valence-electron chi connectivity index (χ2n) is 5.95. The Kier molecular flexibility index (Phi) is 8.43. The molecule has 1 aromatic rings. The molecule has 0 radical (unpaired) electrons. The van der Waals surface area contributed by atoms with E-state index in [1.54, 1.807) is 24.3 Å². The Balaban J connectivity index is 2.45. The Morgan fingerprint density at radius 2 is 1.79 bits per heavy atom. The molecule has 24 heavy (non-hydrogen) atoms. The minimum absolute atomic E-state index is 0.0205. The van der Waals surface area contributed by atoms with Crippen LogP contribution in [-0.2, 0) is 4.74 Å². The summed E-state index contributed by atoms with van der Waals surface area (Å²) < 4.78 is 10.5. The molecule has 1 aromatic carbocycles. The van der Waals surface area contributed by atoms with E-state index in [2.05, 4.69) is 39.7 Å². The van der Waals surface area contributed by atoms with Crippen molar-refractivity contribution in [2.24, 2.45) is 0 Å². The second kappa shape index (κ2) is 10.3. The van der Waals surface area contributed by atoms with Crippen LogP contribution in [-0.4, -0.2) is 19.2 Å². The zero-order valence-electron chi connectivity index (χ0n) is 15.0. The highest BCUT2D eigenvalue weighted by atomic mass is 16.5. The fourth-order valence-electron chi connectivity index (χ4n) is 1.89. The molecule has 3 nitrogen and oxygen atoms in total. The van der Waals surface area contributed by atoms with Crippen LogP contribution in [0.25, 0.3) is 0 Å². The van der Waals surface area contributed by atoms with Gasteiger partial charge in [0.05, 0.1) is 5.56 Å². The largest absolute Gasteiger partial charge is 0.490 e. The average Bonchev–Trinajstić information content (AvgIpc) is 2.58. The van der Waals surface area contributed by atoms with Crippen molar-refractivity contribution in [2.75, 3.05) is 13.2 Å². The van der Waals surface area contributed by atoms with Crippen molar-refractivity contribution in [2.45, 2.75) is 40.5 Å². The summed E-state index contributed by atoms with van der Waals surface area (Å²) in [6.45, 7) is 9.07. The normalized spacial score (nSPS) is 10.7. The Labute approximate surface area is 145 Å². The fraction of sp³-hybridized carbons (Fsp3) is 0.381. The lowest BCUT2D eigenvalue weighted by molar-refractivity contribution is 0.0556. The van der Waals surface area contributed by atoms with Crippen molar-refractivity contribution < 1.29 is 14.3 Å². The Bertz CT molecular complexity index is 639. The van der Waals surface area contributed by atoms with Crippen LogP contribution < -0.4 is 4.74 Å². The first kappa shape index (κ1) is 19.6. The fourth-order valence-corrected chi connectivity index (χ4v) is 1.89. The van der Waals surface area contributed by atoms with Crippen molar-refractivity contribution in [3.8, 4) is 18.1 Å². The van der Waals surface area contributed by atoms with Gasteiger partial charge in [-0.15, -0.1) is 6.42 Å².